The predicted molar refractivity (Wildman–Crippen MR) is 85.2 cm³/mol. The fourth-order valence-electron chi connectivity index (χ4n) is 1.96. The van der Waals surface area contributed by atoms with Crippen molar-refractivity contribution in [3.8, 4) is 0 Å². The molecule has 0 atom stereocenters. The number of halogens is 2. The lowest BCUT2D eigenvalue weighted by atomic mass is 10.1. The van der Waals surface area contributed by atoms with Gasteiger partial charge in [0.25, 0.3) is 0 Å². The molecule has 2 aromatic carbocycles. The third kappa shape index (κ3) is 3.72. The van der Waals surface area contributed by atoms with Crippen molar-refractivity contribution in [2.24, 2.45) is 10.9 Å². The van der Waals surface area contributed by atoms with Crippen molar-refractivity contribution in [2.75, 3.05) is 11.9 Å². The van der Waals surface area contributed by atoms with Gasteiger partial charge in [0.15, 0.2) is 5.84 Å². The largest absolute Gasteiger partial charge is 0.409 e. The average Bonchev–Trinajstić information content (AvgIpc) is 2.48. The highest BCUT2D eigenvalue weighted by Crippen LogP contribution is 2.24. The third-order valence-electron chi connectivity index (χ3n) is 3.11. The van der Waals surface area contributed by atoms with Crippen LogP contribution in [0, 0.1) is 5.82 Å². The van der Waals surface area contributed by atoms with E-state index in [9.17, 15) is 4.39 Å². The smallest absolute Gasteiger partial charge is 0.171 e. The number of rotatable bonds is 4. The van der Waals surface area contributed by atoms with E-state index in [2.05, 4.69) is 21.1 Å². The van der Waals surface area contributed by atoms with Gasteiger partial charge in [-0.15, -0.1) is 0 Å². The topological polar surface area (TPSA) is 61.8 Å². The Hall–Kier alpha value is -2.08. The molecular formula is C15H15BrFN3O. The lowest BCUT2D eigenvalue weighted by Gasteiger charge is -2.20. The highest BCUT2D eigenvalue weighted by molar-refractivity contribution is 9.10. The Morgan fingerprint density at radius 2 is 1.95 bits per heavy atom. The second kappa shape index (κ2) is 6.58. The molecule has 0 radical (unpaired) electrons. The Morgan fingerprint density at radius 3 is 2.52 bits per heavy atom. The summed E-state index contributed by atoms with van der Waals surface area (Å²) in [5.41, 5.74) is 8.17. The SMILES string of the molecule is CN(Cc1ccc(F)cc1)c1ccc(/C(N)=N/O)c(Br)c1. The first-order chi connectivity index (χ1) is 10.0. The molecule has 0 unspecified atom stereocenters. The van der Waals surface area contributed by atoms with E-state index in [4.69, 9.17) is 10.9 Å². The van der Waals surface area contributed by atoms with Gasteiger partial charge in [0.1, 0.15) is 5.82 Å². The fourth-order valence-corrected chi connectivity index (χ4v) is 2.53. The molecule has 0 aliphatic rings. The van der Waals surface area contributed by atoms with Crippen LogP contribution >= 0.6 is 15.9 Å². The molecule has 0 aliphatic heterocycles. The molecule has 0 amide bonds. The Bertz CT molecular complexity index is 658. The fraction of sp³-hybridized carbons (Fsp3) is 0.133. The first kappa shape index (κ1) is 15.3. The van der Waals surface area contributed by atoms with Gasteiger partial charge in [-0.05, 0) is 51.8 Å². The standard InChI is InChI=1S/C15H15BrFN3O/c1-20(9-10-2-4-11(17)5-3-10)12-6-7-13(14(16)8-12)15(18)19-21/h2-8,21H,9H2,1H3,(H2,18,19). The minimum absolute atomic E-state index is 0.0506. The molecule has 2 aromatic rings. The highest BCUT2D eigenvalue weighted by atomic mass is 79.9. The van der Waals surface area contributed by atoms with E-state index in [1.54, 1.807) is 18.2 Å². The van der Waals surface area contributed by atoms with Crippen LogP contribution < -0.4 is 10.6 Å². The number of hydrogen-bond acceptors (Lipinski definition) is 3. The number of nitrogens with two attached hydrogens (primary N) is 1. The van der Waals surface area contributed by atoms with Crippen molar-refractivity contribution < 1.29 is 9.60 Å². The summed E-state index contributed by atoms with van der Waals surface area (Å²) < 4.78 is 13.6. The number of benzene rings is 2. The summed E-state index contributed by atoms with van der Waals surface area (Å²) in [5, 5.41) is 11.7. The van der Waals surface area contributed by atoms with E-state index in [-0.39, 0.29) is 11.7 Å². The molecule has 21 heavy (non-hydrogen) atoms. The van der Waals surface area contributed by atoms with Crippen molar-refractivity contribution in [1.82, 2.24) is 0 Å². The van der Waals surface area contributed by atoms with Gasteiger partial charge in [0.05, 0.1) is 0 Å². The van der Waals surface area contributed by atoms with Gasteiger partial charge in [-0.1, -0.05) is 17.3 Å². The van der Waals surface area contributed by atoms with E-state index < -0.39 is 0 Å². The molecular weight excluding hydrogens is 337 g/mol. The van der Waals surface area contributed by atoms with Gasteiger partial charge in [0.2, 0.25) is 0 Å². The second-order valence-electron chi connectivity index (χ2n) is 4.63. The maximum absolute atomic E-state index is 12.9. The van der Waals surface area contributed by atoms with Crippen molar-refractivity contribution in [3.63, 3.8) is 0 Å². The molecule has 0 fully saturated rings. The van der Waals surface area contributed by atoms with Crippen LogP contribution in [-0.4, -0.2) is 18.1 Å². The molecule has 0 saturated carbocycles. The van der Waals surface area contributed by atoms with Crippen molar-refractivity contribution in [2.45, 2.75) is 6.54 Å². The molecule has 0 heterocycles. The van der Waals surface area contributed by atoms with Gasteiger partial charge < -0.3 is 15.8 Å². The molecule has 0 saturated heterocycles. The van der Waals surface area contributed by atoms with Crippen LogP contribution in [0.5, 0.6) is 0 Å². The molecule has 3 N–H and O–H groups in total. The minimum Gasteiger partial charge on any atom is -0.409 e. The maximum Gasteiger partial charge on any atom is 0.171 e. The zero-order valence-electron chi connectivity index (χ0n) is 11.4. The molecule has 0 bridgehead atoms. The van der Waals surface area contributed by atoms with Crippen LogP contribution in [0.15, 0.2) is 52.1 Å². The lowest BCUT2D eigenvalue weighted by Crippen LogP contribution is -2.18. The summed E-state index contributed by atoms with van der Waals surface area (Å²) in [6, 6.07) is 11.9. The van der Waals surface area contributed by atoms with Gasteiger partial charge >= 0.3 is 0 Å². The summed E-state index contributed by atoms with van der Waals surface area (Å²) in [7, 11) is 1.94. The van der Waals surface area contributed by atoms with Crippen molar-refractivity contribution >= 4 is 27.5 Å². The monoisotopic (exact) mass is 351 g/mol. The first-order valence-electron chi connectivity index (χ1n) is 6.24. The Labute approximate surface area is 130 Å². The molecule has 0 spiro atoms. The second-order valence-corrected chi connectivity index (χ2v) is 5.49. The van der Waals surface area contributed by atoms with E-state index in [0.29, 0.717) is 12.1 Å². The number of amidine groups is 1. The minimum atomic E-state index is -0.243. The van der Waals surface area contributed by atoms with Crippen LogP contribution in [0.2, 0.25) is 0 Å². The summed E-state index contributed by atoms with van der Waals surface area (Å²) in [4.78, 5) is 2.02. The van der Waals surface area contributed by atoms with E-state index in [1.165, 1.54) is 12.1 Å². The van der Waals surface area contributed by atoms with Gasteiger partial charge in [-0.25, -0.2) is 4.39 Å². The lowest BCUT2D eigenvalue weighted by molar-refractivity contribution is 0.318. The van der Waals surface area contributed by atoms with Crippen molar-refractivity contribution in [1.29, 1.82) is 0 Å². The molecule has 6 heteroatoms. The predicted octanol–water partition coefficient (Wildman–Crippen LogP) is 3.32. The number of anilines is 1. The summed E-state index contributed by atoms with van der Waals surface area (Å²) in [6.07, 6.45) is 0. The maximum atomic E-state index is 12.9. The summed E-state index contributed by atoms with van der Waals surface area (Å²) in [6.45, 7) is 0.648. The van der Waals surface area contributed by atoms with E-state index >= 15 is 0 Å². The van der Waals surface area contributed by atoms with Gasteiger partial charge in [0, 0.05) is 29.3 Å². The number of oxime groups is 1. The van der Waals surface area contributed by atoms with Crippen LogP contribution in [0.4, 0.5) is 10.1 Å². The molecule has 0 aliphatic carbocycles. The molecule has 0 aromatic heterocycles. The number of nitrogens with zero attached hydrogens (tertiary/aromatic N) is 2. The van der Waals surface area contributed by atoms with Gasteiger partial charge in [-0.2, -0.15) is 0 Å². The average molecular weight is 352 g/mol. The summed E-state index contributed by atoms with van der Waals surface area (Å²) >= 11 is 3.40. The van der Waals surface area contributed by atoms with Crippen LogP contribution in [0.3, 0.4) is 0 Å². The Kier molecular flexibility index (Phi) is 4.80. The van der Waals surface area contributed by atoms with Crippen LogP contribution in [0.25, 0.3) is 0 Å². The zero-order chi connectivity index (χ0) is 15.4. The quantitative estimate of drug-likeness (QED) is 0.384. The van der Waals surface area contributed by atoms with Crippen LogP contribution in [0.1, 0.15) is 11.1 Å². The van der Waals surface area contributed by atoms with Gasteiger partial charge in [-0.3, -0.25) is 0 Å². The number of hydrogen-bond donors (Lipinski definition) is 2. The first-order valence-corrected chi connectivity index (χ1v) is 7.03. The Balaban J connectivity index is 2.18. The summed E-state index contributed by atoms with van der Waals surface area (Å²) in [5.74, 6) is -0.193. The van der Waals surface area contributed by atoms with Crippen molar-refractivity contribution in [3.05, 3.63) is 63.9 Å². The molecule has 110 valence electrons. The third-order valence-corrected chi connectivity index (χ3v) is 3.77. The Morgan fingerprint density at radius 1 is 1.29 bits per heavy atom. The van der Waals surface area contributed by atoms with E-state index in [1.807, 2.05) is 24.1 Å². The van der Waals surface area contributed by atoms with E-state index in [0.717, 1.165) is 15.7 Å². The van der Waals surface area contributed by atoms with Crippen LogP contribution in [-0.2, 0) is 6.54 Å². The molecule has 2 rings (SSSR count). The highest BCUT2D eigenvalue weighted by Gasteiger charge is 2.09. The normalized spacial score (nSPS) is 11.5. The molecule has 4 nitrogen and oxygen atoms in total. The zero-order valence-corrected chi connectivity index (χ0v) is 13.0.